The van der Waals surface area contributed by atoms with E-state index >= 15 is 0 Å². The fourth-order valence-electron chi connectivity index (χ4n) is 2.24. The van der Waals surface area contributed by atoms with Gasteiger partial charge in [0.25, 0.3) is 0 Å². The smallest absolute Gasteiger partial charge is 0.0631 e. The first-order valence-corrected chi connectivity index (χ1v) is 8.04. The van der Waals surface area contributed by atoms with Crippen LogP contribution in [0.15, 0.2) is 0 Å². The molecule has 1 atom stereocenters. The molecular weight excluding hydrogens is 238 g/mol. The topological polar surface area (TPSA) is 41.5 Å². The minimum Gasteiger partial charge on any atom is -0.390 e. The van der Waals surface area contributed by atoms with Gasteiger partial charge in [-0.25, -0.2) is 0 Å². The van der Waals surface area contributed by atoms with E-state index in [1.54, 1.807) is 7.11 Å². The number of hydrogen-bond donors (Lipinski definition) is 2. The van der Waals surface area contributed by atoms with Gasteiger partial charge in [0.05, 0.1) is 12.2 Å². The maximum absolute atomic E-state index is 10.2. The summed E-state index contributed by atoms with van der Waals surface area (Å²) in [4.78, 5) is 0. The lowest BCUT2D eigenvalue weighted by atomic mass is 9.94. The van der Waals surface area contributed by atoms with Crippen molar-refractivity contribution in [1.82, 2.24) is 5.32 Å². The van der Waals surface area contributed by atoms with Crippen molar-refractivity contribution >= 4 is 0 Å². The van der Waals surface area contributed by atoms with Gasteiger partial charge < -0.3 is 15.2 Å². The Hall–Kier alpha value is -0.120. The molecule has 2 N–H and O–H groups in total. The standard InChI is InChI=1S/C16H35NO2/c1-4-5-6-7-8-9-10-11-16(2,18)12-13-17-14-15-19-3/h17-18H,4-15H2,1-3H3. The summed E-state index contributed by atoms with van der Waals surface area (Å²) in [6.45, 7) is 6.68. The highest BCUT2D eigenvalue weighted by Gasteiger charge is 2.18. The summed E-state index contributed by atoms with van der Waals surface area (Å²) in [6, 6.07) is 0. The van der Waals surface area contributed by atoms with E-state index in [-0.39, 0.29) is 0 Å². The highest BCUT2D eigenvalue weighted by Crippen LogP contribution is 2.18. The number of ether oxygens (including phenoxy) is 1. The fourth-order valence-corrected chi connectivity index (χ4v) is 2.24. The van der Waals surface area contributed by atoms with Gasteiger partial charge in [-0.3, -0.25) is 0 Å². The second-order valence-corrected chi connectivity index (χ2v) is 5.86. The molecule has 0 aromatic heterocycles. The zero-order valence-corrected chi connectivity index (χ0v) is 13.3. The third kappa shape index (κ3) is 14.1. The molecule has 3 nitrogen and oxygen atoms in total. The van der Waals surface area contributed by atoms with E-state index in [0.29, 0.717) is 0 Å². The molecule has 0 aliphatic heterocycles. The van der Waals surface area contributed by atoms with Crippen LogP contribution >= 0.6 is 0 Å². The highest BCUT2D eigenvalue weighted by atomic mass is 16.5. The van der Waals surface area contributed by atoms with Crippen molar-refractivity contribution in [3.05, 3.63) is 0 Å². The molecule has 0 aromatic rings. The van der Waals surface area contributed by atoms with Crippen LogP contribution in [0.25, 0.3) is 0 Å². The van der Waals surface area contributed by atoms with Crippen LogP contribution in [-0.2, 0) is 4.74 Å². The Balaban J connectivity index is 3.35. The average molecular weight is 273 g/mol. The molecule has 0 heterocycles. The Morgan fingerprint density at radius 1 is 0.947 bits per heavy atom. The van der Waals surface area contributed by atoms with Gasteiger partial charge in [-0.15, -0.1) is 0 Å². The predicted octanol–water partition coefficient (Wildman–Crippen LogP) is 3.50. The van der Waals surface area contributed by atoms with Gasteiger partial charge in [-0.05, 0) is 26.3 Å². The summed E-state index contributed by atoms with van der Waals surface area (Å²) in [6.07, 6.45) is 10.9. The monoisotopic (exact) mass is 273 g/mol. The number of unbranched alkanes of at least 4 members (excludes halogenated alkanes) is 6. The minimum absolute atomic E-state index is 0.510. The predicted molar refractivity (Wildman–Crippen MR) is 82.6 cm³/mol. The molecule has 0 aliphatic carbocycles. The van der Waals surface area contributed by atoms with E-state index in [0.717, 1.165) is 39.0 Å². The van der Waals surface area contributed by atoms with Gasteiger partial charge in [0, 0.05) is 13.7 Å². The van der Waals surface area contributed by atoms with Crippen molar-refractivity contribution in [3.8, 4) is 0 Å². The summed E-state index contributed by atoms with van der Waals surface area (Å²) in [5, 5.41) is 13.5. The van der Waals surface area contributed by atoms with Crippen molar-refractivity contribution in [2.75, 3.05) is 26.8 Å². The van der Waals surface area contributed by atoms with Gasteiger partial charge in [-0.1, -0.05) is 51.9 Å². The van der Waals surface area contributed by atoms with E-state index in [1.165, 1.54) is 38.5 Å². The zero-order chi connectivity index (χ0) is 14.4. The van der Waals surface area contributed by atoms with Crippen LogP contribution in [0.4, 0.5) is 0 Å². The summed E-state index contributed by atoms with van der Waals surface area (Å²) >= 11 is 0. The zero-order valence-electron chi connectivity index (χ0n) is 13.3. The second kappa shape index (κ2) is 12.9. The van der Waals surface area contributed by atoms with Crippen LogP contribution in [0.3, 0.4) is 0 Å². The van der Waals surface area contributed by atoms with E-state index in [1.807, 2.05) is 6.92 Å². The molecule has 0 bridgehead atoms. The third-order valence-electron chi connectivity index (χ3n) is 3.64. The van der Waals surface area contributed by atoms with Crippen LogP contribution in [0.2, 0.25) is 0 Å². The Morgan fingerprint density at radius 3 is 2.21 bits per heavy atom. The molecule has 0 spiro atoms. The van der Waals surface area contributed by atoms with Crippen molar-refractivity contribution in [2.24, 2.45) is 0 Å². The molecule has 0 saturated carbocycles. The molecule has 3 heteroatoms. The number of aliphatic hydroxyl groups is 1. The Bertz CT molecular complexity index is 184. The molecule has 1 unspecified atom stereocenters. The van der Waals surface area contributed by atoms with Crippen molar-refractivity contribution in [2.45, 2.75) is 77.2 Å². The maximum Gasteiger partial charge on any atom is 0.0631 e. The van der Waals surface area contributed by atoms with Gasteiger partial charge in [0.1, 0.15) is 0 Å². The van der Waals surface area contributed by atoms with Crippen molar-refractivity contribution in [1.29, 1.82) is 0 Å². The largest absolute Gasteiger partial charge is 0.390 e. The Labute approximate surface area is 120 Å². The Morgan fingerprint density at radius 2 is 1.58 bits per heavy atom. The van der Waals surface area contributed by atoms with Gasteiger partial charge in [-0.2, -0.15) is 0 Å². The van der Waals surface area contributed by atoms with Crippen LogP contribution in [-0.4, -0.2) is 37.5 Å². The van der Waals surface area contributed by atoms with Crippen LogP contribution in [0.1, 0.15) is 71.6 Å². The molecule has 0 amide bonds. The summed E-state index contributed by atoms with van der Waals surface area (Å²) in [5.74, 6) is 0. The van der Waals surface area contributed by atoms with Gasteiger partial charge in [0.15, 0.2) is 0 Å². The van der Waals surface area contributed by atoms with E-state index < -0.39 is 5.60 Å². The summed E-state index contributed by atoms with van der Waals surface area (Å²) in [5.41, 5.74) is -0.510. The first-order chi connectivity index (χ1) is 9.12. The average Bonchev–Trinajstić information content (AvgIpc) is 2.37. The lowest BCUT2D eigenvalue weighted by Gasteiger charge is -2.23. The molecule has 116 valence electrons. The lowest BCUT2D eigenvalue weighted by molar-refractivity contribution is 0.0391. The van der Waals surface area contributed by atoms with Crippen LogP contribution < -0.4 is 5.32 Å². The molecule has 0 fully saturated rings. The molecule has 0 saturated heterocycles. The molecule has 0 radical (unpaired) electrons. The second-order valence-electron chi connectivity index (χ2n) is 5.86. The van der Waals surface area contributed by atoms with E-state index in [9.17, 15) is 5.11 Å². The summed E-state index contributed by atoms with van der Waals surface area (Å²) < 4.78 is 4.97. The highest BCUT2D eigenvalue weighted by molar-refractivity contribution is 4.73. The maximum atomic E-state index is 10.2. The Kier molecular flexibility index (Phi) is 12.8. The van der Waals surface area contributed by atoms with Gasteiger partial charge >= 0.3 is 0 Å². The fraction of sp³-hybridized carbons (Fsp3) is 1.00. The van der Waals surface area contributed by atoms with Crippen LogP contribution in [0.5, 0.6) is 0 Å². The van der Waals surface area contributed by atoms with E-state index in [2.05, 4.69) is 12.2 Å². The molecule has 0 aromatic carbocycles. The third-order valence-corrected chi connectivity index (χ3v) is 3.64. The number of methoxy groups -OCH3 is 1. The van der Waals surface area contributed by atoms with Gasteiger partial charge in [0.2, 0.25) is 0 Å². The molecule has 19 heavy (non-hydrogen) atoms. The van der Waals surface area contributed by atoms with Crippen molar-refractivity contribution < 1.29 is 9.84 Å². The first-order valence-electron chi connectivity index (χ1n) is 8.04. The quantitative estimate of drug-likeness (QED) is 0.476. The first kappa shape index (κ1) is 18.9. The van der Waals surface area contributed by atoms with Crippen molar-refractivity contribution in [3.63, 3.8) is 0 Å². The number of nitrogens with one attached hydrogen (secondary N) is 1. The summed E-state index contributed by atoms with van der Waals surface area (Å²) in [7, 11) is 1.71. The molecule has 0 aliphatic rings. The lowest BCUT2D eigenvalue weighted by Crippen LogP contribution is -2.31. The SMILES string of the molecule is CCCCCCCCCC(C)(O)CCNCCOC. The molecular formula is C16H35NO2. The van der Waals surface area contributed by atoms with Crippen LogP contribution in [0, 0.1) is 0 Å². The molecule has 0 rings (SSSR count). The number of rotatable bonds is 14. The van der Waals surface area contributed by atoms with E-state index in [4.69, 9.17) is 4.74 Å². The normalized spacial score (nSPS) is 14.5. The minimum atomic E-state index is -0.510. The number of hydrogen-bond acceptors (Lipinski definition) is 3.